The summed E-state index contributed by atoms with van der Waals surface area (Å²) >= 11 is 0. The maximum Gasteiger partial charge on any atom is 0.123 e. The Morgan fingerprint density at radius 2 is 2.05 bits per heavy atom. The highest BCUT2D eigenvalue weighted by Gasteiger charge is 2.00. The van der Waals surface area contributed by atoms with Crippen molar-refractivity contribution >= 4 is 0 Å². The molecule has 2 aromatic rings. The van der Waals surface area contributed by atoms with Gasteiger partial charge in [-0.15, -0.1) is 0 Å². The van der Waals surface area contributed by atoms with Gasteiger partial charge in [0.1, 0.15) is 18.1 Å². The van der Waals surface area contributed by atoms with Crippen LogP contribution in [0.1, 0.15) is 5.56 Å². The molecule has 0 fully saturated rings. The van der Waals surface area contributed by atoms with Crippen LogP contribution in [0.3, 0.4) is 0 Å². The molecular weight excluding hydrogens is 238 g/mol. The molecule has 0 unspecified atom stereocenters. The lowest BCUT2D eigenvalue weighted by molar-refractivity contribution is 0.313. The monoisotopic (exact) mass is 256 g/mol. The van der Waals surface area contributed by atoms with Gasteiger partial charge in [-0.1, -0.05) is 30.3 Å². The van der Waals surface area contributed by atoms with Crippen molar-refractivity contribution in [1.82, 2.24) is 5.32 Å². The minimum atomic E-state index is 0.632. The first-order chi connectivity index (χ1) is 9.40. The van der Waals surface area contributed by atoms with E-state index < -0.39 is 0 Å². The van der Waals surface area contributed by atoms with Gasteiger partial charge in [0.05, 0.1) is 7.11 Å². The number of nitrogens with one attached hydrogen (secondary N) is 1. The molecule has 0 atom stereocenters. The van der Waals surface area contributed by atoms with E-state index in [1.54, 1.807) is 7.11 Å². The summed E-state index contributed by atoms with van der Waals surface area (Å²) in [5.41, 5.74) is 1.15. The maximum atomic E-state index is 5.58. The van der Waals surface area contributed by atoms with Crippen molar-refractivity contribution in [3.8, 4) is 11.5 Å². The van der Waals surface area contributed by atoms with Gasteiger partial charge in [0.15, 0.2) is 0 Å². The van der Waals surface area contributed by atoms with Gasteiger partial charge in [0.2, 0.25) is 0 Å². The minimum absolute atomic E-state index is 0.632. The van der Waals surface area contributed by atoms with Crippen LogP contribution in [0.15, 0.2) is 48.5 Å². The van der Waals surface area contributed by atoms with Crippen LogP contribution in [0.2, 0.25) is 0 Å². The quantitative estimate of drug-likeness (QED) is 0.773. The summed E-state index contributed by atoms with van der Waals surface area (Å²) in [6.07, 6.45) is 0. The van der Waals surface area contributed by atoms with Crippen LogP contribution in [-0.2, 0) is 6.54 Å². The Balaban J connectivity index is 1.69. The summed E-state index contributed by atoms with van der Waals surface area (Å²) in [6, 6.07) is 18.5. The fourth-order valence-electron chi connectivity index (χ4n) is 1.78. The highest BCUT2D eigenvalue weighted by Crippen LogP contribution is 2.16. The van der Waals surface area contributed by atoms with Crippen molar-refractivity contribution < 1.29 is 9.47 Å². The zero-order chi connectivity index (χ0) is 13.3. The number of hydrogen-bond donors (Lipinski definition) is 1. The lowest BCUT2D eigenvalue weighted by atomic mass is 10.2. The molecule has 1 N–H and O–H groups in total. The van der Waals surface area contributed by atoms with E-state index in [-0.39, 0.29) is 0 Å². The third-order valence-corrected chi connectivity index (χ3v) is 2.73. The number of methoxy groups -OCH3 is 1. The van der Waals surface area contributed by atoms with E-state index in [0.29, 0.717) is 6.61 Å². The van der Waals surface area contributed by atoms with Crippen LogP contribution in [0.4, 0.5) is 0 Å². The van der Waals surface area contributed by atoms with Crippen LogP contribution < -0.4 is 14.8 Å². The Morgan fingerprint density at radius 3 is 2.84 bits per heavy atom. The van der Waals surface area contributed by atoms with E-state index in [4.69, 9.17) is 9.47 Å². The molecule has 0 aliphatic carbocycles. The summed E-state index contributed by atoms with van der Waals surface area (Å²) in [6.45, 7) is 2.19. The molecule has 0 spiro atoms. The smallest absolute Gasteiger partial charge is 0.123 e. The van der Waals surface area contributed by atoms with Gasteiger partial charge >= 0.3 is 0 Å². The van der Waals surface area contributed by atoms with Crippen molar-refractivity contribution in [2.75, 3.05) is 20.3 Å². The molecule has 3 heteroatoms. The zero-order valence-corrected chi connectivity index (χ0v) is 11.1. The van der Waals surface area contributed by atoms with Gasteiger partial charge in [0, 0.05) is 18.7 Å². The number of benzene rings is 2. The first-order valence-electron chi connectivity index (χ1n) is 6.31. The Hall–Kier alpha value is -2.00. The first-order valence-corrected chi connectivity index (χ1v) is 6.31. The average Bonchev–Trinajstić information content (AvgIpc) is 2.48. The lowest BCUT2D eigenvalue weighted by Gasteiger charge is -2.10. The van der Waals surface area contributed by atoms with Crippen LogP contribution in [-0.4, -0.2) is 20.3 Å². The minimum Gasteiger partial charge on any atom is -0.496 e. The van der Waals surface area contributed by atoms with Crippen molar-refractivity contribution in [3.63, 3.8) is 0 Å². The maximum absolute atomic E-state index is 5.58. The van der Waals surface area contributed by atoms with Gasteiger partial charge in [-0.25, -0.2) is 0 Å². The Labute approximate surface area is 114 Å². The topological polar surface area (TPSA) is 30.5 Å². The third kappa shape index (κ3) is 4.30. The fourth-order valence-corrected chi connectivity index (χ4v) is 1.78. The molecular formula is C16H18NO2. The van der Waals surface area contributed by atoms with E-state index >= 15 is 0 Å². The third-order valence-electron chi connectivity index (χ3n) is 2.73. The molecule has 1 radical (unpaired) electrons. The molecule has 0 bridgehead atoms. The Bertz CT molecular complexity index is 485. The molecule has 0 aliphatic rings. The predicted molar refractivity (Wildman–Crippen MR) is 75.5 cm³/mol. The largest absolute Gasteiger partial charge is 0.496 e. The highest BCUT2D eigenvalue weighted by molar-refractivity contribution is 5.32. The summed E-state index contributed by atoms with van der Waals surface area (Å²) in [4.78, 5) is 0. The lowest BCUT2D eigenvalue weighted by Crippen LogP contribution is -2.20. The second kappa shape index (κ2) is 7.44. The summed E-state index contributed by atoms with van der Waals surface area (Å²) in [5, 5.41) is 3.33. The number of rotatable bonds is 7. The zero-order valence-electron chi connectivity index (χ0n) is 11.1. The van der Waals surface area contributed by atoms with Gasteiger partial charge in [-0.3, -0.25) is 0 Å². The average molecular weight is 256 g/mol. The van der Waals surface area contributed by atoms with Crippen LogP contribution >= 0.6 is 0 Å². The van der Waals surface area contributed by atoms with Crippen LogP contribution in [0.5, 0.6) is 11.5 Å². The van der Waals surface area contributed by atoms with Crippen molar-refractivity contribution in [2.45, 2.75) is 6.54 Å². The molecule has 99 valence electrons. The first kappa shape index (κ1) is 13.4. The summed E-state index contributed by atoms with van der Waals surface area (Å²) < 4.78 is 10.9. The van der Waals surface area contributed by atoms with Crippen LogP contribution in [0, 0.1) is 6.07 Å². The number of hydrogen-bond acceptors (Lipinski definition) is 3. The second-order valence-corrected chi connectivity index (χ2v) is 4.08. The standard InChI is InChI=1S/C16H18NO2/c1-18-16-10-6-5-7-14(16)13-17-11-12-19-15-8-3-2-4-9-15/h2-3,5-10,17H,11-13H2,1H3. The van der Waals surface area contributed by atoms with Gasteiger partial charge in [-0.2, -0.15) is 0 Å². The summed E-state index contributed by atoms with van der Waals surface area (Å²) in [5.74, 6) is 1.76. The summed E-state index contributed by atoms with van der Waals surface area (Å²) in [7, 11) is 1.69. The molecule has 0 saturated heterocycles. The second-order valence-electron chi connectivity index (χ2n) is 4.08. The van der Waals surface area contributed by atoms with E-state index in [1.807, 2.05) is 42.5 Å². The van der Waals surface area contributed by atoms with E-state index in [2.05, 4.69) is 17.4 Å². The molecule has 2 rings (SSSR count). The van der Waals surface area contributed by atoms with E-state index in [9.17, 15) is 0 Å². The molecule has 2 aromatic carbocycles. The van der Waals surface area contributed by atoms with Gasteiger partial charge in [-0.05, 0) is 24.3 Å². The molecule has 19 heavy (non-hydrogen) atoms. The van der Waals surface area contributed by atoms with E-state index in [0.717, 1.165) is 30.2 Å². The van der Waals surface area contributed by atoms with Gasteiger partial charge in [0.25, 0.3) is 0 Å². The van der Waals surface area contributed by atoms with Crippen molar-refractivity contribution in [3.05, 3.63) is 60.2 Å². The predicted octanol–water partition coefficient (Wildman–Crippen LogP) is 2.66. The number of para-hydroxylation sites is 1. The van der Waals surface area contributed by atoms with Crippen LogP contribution in [0.25, 0.3) is 0 Å². The van der Waals surface area contributed by atoms with Crippen molar-refractivity contribution in [2.24, 2.45) is 0 Å². The molecule has 0 saturated carbocycles. The van der Waals surface area contributed by atoms with E-state index in [1.165, 1.54) is 0 Å². The molecule has 0 aromatic heterocycles. The van der Waals surface area contributed by atoms with Gasteiger partial charge < -0.3 is 14.8 Å². The Kier molecular flexibility index (Phi) is 5.26. The SMILES string of the molecule is COc1ccccc1CNCCOc1c[c]ccc1. The molecule has 3 nitrogen and oxygen atoms in total. The molecule has 0 amide bonds. The normalized spacial score (nSPS) is 10.2. The van der Waals surface area contributed by atoms with Crippen molar-refractivity contribution in [1.29, 1.82) is 0 Å². The highest BCUT2D eigenvalue weighted by atomic mass is 16.5. The fraction of sp³-hybridized carbons (Fsp3) is 0.250. The Morgan fingerprint density at radius 1 is 1.16 bits per heavy atom. The number of ether oxygens (including phenoxy) is 2. The molecule has 0 aliphatic heterocycles. The molecule has 0 heterocycles.